The van der Waals surface area contributed by atoms with Gasteiger partial charge in [0.15, 0.2) is 12.4 Å². The lowest BCUT2D eigenvalue weighted by Gasteiger charge is -2.38. The molecule has 1 unspecified atom stereocenters. The first-order valence-corrected chi connectivity index (χ1v) is 9.67. The molecule has 0 spiro atoms. The van der Waals surface area contributed by atoms with Crippen molar-refractivity contribution < 1.29 is 23.5 Å². The highest BCUT2D eigenvalue weighted by atomic mass is 16.5. The monoisotopic (exact) mass is 387 g/mol. The zero-order chi connectivity index (χ0) is 20.1. The molecule has 3 rings (SSSR count). The summed E-state index contributed by atoms with van der Waals surface area (Å²) < 4.78 is 10.3. The van der Waals surface area contributed by atoms with E-state index in [1.54, 1.807) is 19.2 Å². The van der Waals surface area contributed by atoms with E-state index in [1.807, 2.05) is 0 Å². The van der Waals surface area contributed by atoms with Crippen LogP contribution in [0.1, 0.15) is 55.5 Å². The summed E-state index contributed by atoms with van der Waals surface area (Å²) >= 11 is 0. The Morgan fingerprint density at radius 3 is 2.71 bits per heavy atom. The molecule has 1 saturated heterocycles. The lowest BCUT2D eigenvalue weighted by molar-refractivity contribution is -0.156. The van der Waals surface area contributed by atoms with E-state index < -0.39 is 30.1 Å². The summed E-state index contributed by atoms with van der Waals surface area (Å²) in [7, 11) is 1.59. The summed E-state index contributed by atoms with van der Waals surface area (Å²) in [6, 6.07) is 4.71. The maximum absolute atomic E-state index is 12.5. The van der Waals surface area contributed by atoms with Gasteiger partial charge in [-0.3, -0.25) is 9.59 Å². The fourth-order valence-corrected chi connectivity index (χ4v) is 4.02. The molecule has 1 saturated carbocycles. The number of likely N-dealkylation sites (N-methyl/N-ethyl adjacent to an activating group) is 1. The summed E-state index contributed by atoms with van der Waals surface area (Å²) in [5.74, 6) is -1.20. The third-order valence-electron chi connectivity index (χ3n) is 5.76. The third-order valence-corrected chi connectivity index (χ3v) is 5.76. The maximum Gasteiger partial charge on any atom is 0.329 e. The third kappa shape index (κ3) is 3.88. The lowest BCUT2D eigenvalue weighted by atomic mass is 9.81. The summed E-state index contributed by atoms with van der Waals surface area (Å²) in [5, 5.41) is 9.59. The van der Waals surface area contributed by atoms with Crippen LogP contribution in [0.25, 0.3) is 0 Å². The number of likely N-dealkylation sites (tertiary alicyclic amines) is 1. The molecule has 1 aliphatic heterocycles. The van der Waals surface area contributed by atoms with Crippen molar-refractivity contribution in [2.45, 2.75) is 56.5 Å². The molecule has 8 heteroatoms. The molecule has 2 fully saturated rings. The Kier molecular flexibility index (Phi) is 6.02. The van der Waals surface area contributed by atoms with Gasteiger partial charge in [-0.1, -0.05) is 19.3 Å². The molecular formula is C20H25N3O5. The van der Waals surface area contributed by atoms with Crippen LogP contribution in [0.3, 0.4) is 0 Å². The normalized spacial score (nSPS) is 21.0. The number of hydrogen-bond acceptors (Lipinski definition) is 6. The average molecular weight is 387 g/mol. The number of rotatable bonds is 5. The number of amides is 2. The van der Waals surface area contributed by atoms with Crippen LogP contribution in [-0.4, -0.2) is 59.4 Å². The number of nitrogens with zero attached hydrogens (tertiary/aromatic N) is 3. The highest BCUT2D eigenvalue weighted by Gasteiger charge is 2.40. The number of ether oxygens (including phenoxy) is 1. The summed E-state index contributed by atoms with van der Waals surface area (Å²) in [6.07, 6.45) is 6.69. The van der Waals surface area contributed by atoms with Gasteiger partial charge in [-0.2, -0.15) is 5.26 Å². The first-order chi connectivity index (χ1) is 13.5. The van der Waals surface area contributed by atoms with Crippen molar-refractivity contribution in [2.24, 2.45) is 0 Å². The molecule has 1 aromatic rings. The summed E-state index contributed by atoms with van der Waals surface area (Å²) in [6.45, 7) is 0.00272. The average Bonchev–Trinajstić information content (AvgIpc) is 3.43. The van der Waals surface area contributed by atoms with Crippen LogP contribution in [0.15, 0.2) is 22.8 Å². The second-order valence-electron chi connectivity index (χ2n) is 7.40. The van der Waals surface area contributed by atoms with Crippen molar-refractivity contribution in [1.82, 2.24) is 9.80 Å². The first-order valence-electron chi connectivity index (χ1n) is 9.67. The Balaban J connectivity index is 1.57. The van der Waals surface area contributed by atoms with Crippen LogP contribution in [0.5, 0.6) is 0 Å². The Morgan fingerprint density at radius 2 is 2.07 bits per heavy atom. The second-order valence-corrected chi connectivity index (χ2v) is 7.40. The van der Waals surface area contributed by atoms with Gasteiger partial charge in [-0.25, -0.2) is 4.79 Å². The second kappa shape index (κ2) is 8.46. The van der Waals surface area contributed by atoms with E-state index in [2.05, 4.69) is 6.07 Å². The van der Waals surface area contributed by atoms with Gasteiger partial charge in [0.1, 0.15) is 11.6 Å². The van der Waals surface area contributed by atoms with E-state index >= 15 is 0 Å². The molecule has 0 N–H and O–H groups in total. The number of carbonyl (C=O) groups excluding carboxylic acids is 3. The van der Waals surface area contributed by atoms with E-state index in [0.29, 0.717) is 32.2 Å². The predicted molar refractivity (Wildman–Crippen MR) is 97.9 cm³/mol. The zero-order valence-corrected chi connectivity index (χ0v) is 16.1. The molecule has 150 valence electrons. The molecule has 1 atom stereocenters. The Hall–Kier alpha value is -2.82. The van der Waals surface area contributed by atoms with Crippen molar-refractivity contribution in [2.75, 3.05) is 20.2 Å². The zero-order valence-electron chi connectivity index (χ0n) is 16.1. The van der Waals surface area contributed by atoms with Crippen molar-refractivity contribution in [3.8, 4) is 6.07 Å². The molecule has 2 heterocycles. The minimum atomic E-state index is -0.823. The van der Waals surface area contributed by atoms with Crippen LogP contribution in [0.4, 0.5) is 0 Å². The van der Waals surface area contributed by atoms with Crippen LogP contribution < -0.4 is 0 Å². The molecule has 0 bridgehead atoms. The molecular weight excluding hydrogens is 362 g/mol. The molecule has 8 nitrogen and oxygen atoms in total. The van der Waals surface area contributed by atoms with E-state index in [-0.39, 0.29) is 11.7 Å². The van der Waals surface area contributed by atoms with Crippen molar-refractivity contribution >= 4 is 17.8 Å². The van der Waals surface area contributed by atoms with Gasteiger partial charge < -0.3 is 19.0 Å². The number of esters is 1. The SMILES string of the molecule is CN(C(=O)COC(=O)C1CCCN1C(=O)c1ccco1)C1(C#N)CCCCC1. The standard InChI is InChI=1S/C20H25N3O5/c1-22(20(14-21)9-3-2-4-10-20)17(24)13-28-19(26)15-7-5-11-23(15)18(25)16-8-6-12-27-16/h6,8,12,15H,2-5,7,9-11,13H2,1H3. The van der Waals surface area contributed by atoms with Gasteiger partial charge in [0.05, 0.1) is 12.3 Å². The summed E-state index contributed by atoms with van der Waals surface area (Å²) in [5.41, 5.74) is -0.823. The fraction of sp³-hybridized carbons (Fsp3) is 0.600. The smallest absolute Gasteiger partial charge is 0.329 e. The van der Waals surface area contributed by atoms with Crippen molar-refractivity contribution in [3.63, 3.8) is 0 Å². The molecule has 2 amide bonds. The van der Waals surface area contributed by atoms with Crippen LogP contribution in [0.2, 0.25) is 0 Å². The van der Waals surface area contributed by atoms with Gasteiger partial charge in [-0.05, 0) is 37.8 Å². The molecule has 0 radical (unpaired) electrons. The highest BCUT2D eigenvalue weighted by molar-refractivity contribution is 5.95. The lowest BCUT2D eigenvalue weighted by Crippen LogP contribution is -2.51. The predicted octanol–water partition coefficient (Wildman–Crippen LogP) is 2.11. The van der Waals surface area contributed by atoms with Crippen molar-refractivity contribution in [3.05, 3.63) is 24.2 Å². The molecule has 28 heavy (non-hydrogen) atoms. The van der Waals surface area contributed by atoms with E-state index in [1.165, 1.54) is 16.1 Å². The topological polar surface area (TPSA) is 104 Å². The Bertz CT molecular complexity index is 761. The van der Waals surface area contributed by atoms with E-state index in [9.17, 15) is 19.6 Å². The minimum absolute atomic E-state index is 0.170. The van der Waals surface area contributed by atoms with Crippen LogP contribution in [-0.2, 0) is 14.3 Å². The van der Waals surface area contributed by atoms with Gasteiger partial charge >= 0.3 is 5.97 Å². The molecule has 0 aromatic carbocycles. The van der Waals surface area contributed by atoms with Gasteiger partial charge in [0.2, 0.25) is 0 Å². The quantitative estimate of drug-likeness (QED) is 0.717. The number of nitriles is 1. The van der Waals surface area contributed by atoms with Gasteiger partial charge in [0.25, 0.3) is 11.8 Å². The first kappa shape index (κ1) is 19.9. The number of hydrogen-bond donors (Lipinski definition) is 0. The fourth-order valence-electron chi connectivity index (χ4n) is 4.02. The van der Waals surface area contributed by atoms with Gasteiger partial charge in [-0.15, -0.1) is 0 Å². The van der Waals surface area contributed by atoms with Crippen LogP contribution in [0, 0.1) is 11.3 Å². The molecule has 2 aliphatic rings. The Morgan fingerprint density at radius 1 is 1.32 bits per heavy atom. The Labute approximate surface area is 164 Å². The van der Waals surface area contributed by atoms with Gasteiger partial charge in [0, 0.05) is 13.6 Å². The number of furan rings is 1. The molecule has 1 aliphatic carbocycles. The minimum Gasteiger partial charge on any atom is -0.459 e. The van der Waals surface area contributed by atoms with E-state index in [4.69, 9.17) is 9.15 Å². The van der Waals surface area contributed by atoms with Crippen molar-refractivity contribution in [1.29, 1.82) is 5.26 Å². The molecule has 1 aromatic heterocycles. The highest BCUT2D eigenvalue weighted by Crippen LogP contribution is 2.32. The maximum atomic E-state index is 12.5. The van der Waals surface area contributed by atoms with E-state index in [0.717, 1.165) is 19.3 Å². The van der Waals surface area contributed by atoms with Crippen LogP contribution >= 0.6 is 0 Å². The summed E-state index contributed by atoms with van der Waals surface area (Å²) in [4.78, 5) is 40.3. The number of carbonyl (C=O) groups is 3. The largest absolute Gasteiger partial charge is 0.459 e.